The molecule has 0 aliphatic heterocycles. The van der Waals surface area contributed by atoms with E-state index in [0.29, 0.717) is 17.0 Å². The van der Waals surface area contributed by atoms with Crippen LogP contribution >= 0.6 is 11.6 Å². The fourth-order valence-corrected chi connectivity index (χ4v) is 3.76. The van der Waals surface area contributed by atoms with E-state index in [1.807, 2.05) is 0 Å². The van der Waals surface area contributed by atoms with Crippen molar-refractivity contribution in [3.05, 3.63) is 65.7 Å². The Bertz CT molecular complexity index is 1580. The van der Waals surface area contributed by atoms with Crippen molar-refractivity contribution < 1.29 is 32.7 Å². The third-order valence-electron chi connectivity index (χ3n) is 5.52. The summed E-state index contributed by atoms with van der Waals surface area (Å²) in [6.45, 7) is 0. The lowest BCUT2D eigenvalue weighted by atomic mass is 10.1. The zero-order chi connectivity index (χ0) is 29.0. The number of carboxylic acid groups (broad SMARTS) is 1. The van der Waals surface area contributed by atoms with Crippen molar-refractivity contribution in [2.24, 2.45) is 5.73 Å². The second kappa shape index (κ2) is 11.5. The van der Waals surface area contributed by atoms with Gasteiger partial charge >= 0.3 is 18.2 Å². The number of nitrogens with one attached hydrogen (secondary N) is 3. The number of nitrogens with two attached hydrogens (primary N) is 1. The van der Waals surface area contributed by atoms with E-state index in [9.17, 15) is 27.6 Å². The van der Waals surface area contributed by atoms with E-state index in [4.69, 9.17) is 22.4 Å². The topological polar surface area (TPSA) is 177 Å². The Hall–Kier alpha value is -4.76. The Balaban J connectivity index is 1.43. The number of anilines is 3. The fourth-order valence-electron chi connectivity index (χ4n) is 3.54. The minimum absolute atomic E-state index is 0.0590. The molecule has 4 rings (SSSR count). The summed E-state index contributed by atoms with van der Waals surface area (Å²) in [7, 11) is 0. The zero-order valence-corrected chi connectivity index (χ0v) is 21.0. The number of hydrogen-bond acceptors (Lipinski definition) is 7. The SMILES string of the molecule is N[C@@H](CCC(=O)Nc1ncnc2c1ncn2-c1ccc(NC(=O)Nc2ccc(Cl)c(C(F)(F)F)c2)cc1)C(=O)O. The van der Waals surface area contributed by atoms with Gasteiger partial charge in [0.05, 0.1) is 10.6 Å². The highest BCUT2D eigenvalue weighted by Gasteiger charge is 2.33. The maximum absolute atomic E-state index is 13.1. The minimum Gasteiger partial charge on any atom is -0.480 e. The van der Waals surface area contributed by atoms with Crippen molar-refractivity contribution in [2.45, 2.75) is 25.1 Å². The number of carboxylic acids is 1. The number of aromatic nitrogens is 4. The highest BCUT2D eigenvalue weighted by Crippen LogP contribution is 2.36. The first-order chi connectivity index (χ1) is 18.9. The predicted octanol–water partition coefficient (Wildman–Crippen LogP) is 4.26. The highest BCUT2D eigenvalue weighted by molar-refractivity contribution is 6.31. The molecule has 0 aliphatic carbocycles. The van der Waals surface area contributed by atoms with Gasteiger partial charge in [0.1, 0.15) is 18.7 Å². The van der Waals surface area contributed by atoms with Crippen LogP contribution in [0, 0.1) is 0 Å². The van der Waals surface area contributed by atoms with Crippen LogP contribution in [0.2, 0.25) is 5.02 Å². The van der Waals surface area contributed by atoms with Crippen LogP contribution in [0.3, 0.4) is 0 Å². The first-order valence-electron chi connectivity index (χ1n) is 11.4. The number of carbonyl (C=O) groups excluding carboxylic acids is 2. The molecule has 6 N–H and O–H groups in total. The molecule has 12 nitrogen and oxygen atoms in total. The van der Waals surface area contributed by atoms with Crippen LogP contribution in [0.1, 0.15) is 18.4 Å². The van der Waals surface area contributed by atoms with Crippen molar-refractivity contribution in [1.29, 1.82) is 0 Å². The summed E-state index contributed by atoms with van der Waals surface area (Å²) in [5.74, 6) is -1.57. The maximum Gasteiger partial charge on any atom is 0.417 e. The molecule has 1 atom stereocenters. The van der Waals surface area contributed by atoms with E-state index >= 15 is 0 Å². The third kappa shape index (κ3) is 6.62. The molecule has 208 valence electrons. The number of aliphatic carboxylic acids is 1. The molecule has 0 aliphatic rings. The van der Waals surface area contributed by atoms with E-state index in [1.54, 1.807) is 28.8 Å². The average Bonchev–Trinajstić information content (AvgIpc) is 3.33. The molecule has 0 radical (unpaired) electrons. The summed E-state index contributed by atoms with van der Waals surface area (Å²) in [6, 6.07) is 7.46. The van der Waals surface area contributed by atoms with Crippen LogP contribution in [-0.2, 0) is 15.8 Å². The molecular weight excluding hydrogens is 557 g/mol. The minimum atomic E-state index is -4.67. The number of hydrogen-bond donors (Lipinski definition) is 5. The Morgan fingerprint density at radius 3 is 2.35 bits per heavy atom. The first kappa shape index (κ1) is 28.3. The molecule has 2 heterocycles. The number of carbonyl (C=O) groups is 3. The van der Waals surface area contributed by atoms with Gasteiger partial charge in [0.25, 0.3) is 0 Å². The van der Waals surface area contributed by atoms with Crippen molar-refractivity contribution in [3.63, 3.8) is 0 Å². The van der Waals surface area contributed by atoms with Crippen LogP contribution in [-0.4, -0.2) is 48.6 Å². The smallest absolute Gasteiger partial charge is 0.417 e. The molecule has 0 saturated carbocycles. The van der Waals surface area contributed by atoms with Gasteiger partial charge < -0.3 is 26.8 Å². The van der Waals surface area contributed by atoms with E-state index in [0.717, 1.165) is 12.1 Å². The lowest BCUT2D eigenvalue weighted by molar-refractivity contribution is -0.139. The number of nitrogens with zero attached hydrogens (tertiary/aromatic N) is 4. The highest BCUT2D eigenvalue weighted by atomic mass is 35.5. The van der Waals surface area contributed by atoms with E-state index in [-0.39, 0.29) is 29.9 Å². The molecule has 3 amide bonds. The summed E-state index contributed by atoms with van der Waals surface area (Å²) in [6.07, 6.45) is -2.20. The zero-order valence-electron chi connectivity index (χ0n) is 20.2. The van der Waals surface area contributed by atoms with Crippen molar-refractivity contribution in [2.75, 3.05) is 16.0 Å². The molecule has 0 saturated heterocycles. The Kier molecular flexibility index (Phi) is 8.16. The van der Waals surface area contributed by atoms with E-state index in [1.165, 1.54) is 18.7 Å². The summed E-state index contributed by atoms with van der Waals surface area (Å²) >= 11 is 5.60. The molecule has 40 heavy (non-hydrogen) atoms. The molecule has 0 unspecified atom stereocenters. The van der Waals surface area contributed by atoms with Gasteiger partial charge in [-0.15, -0.1) is 0 Å². The van der Waals surface area contributed by atoms with Crippen LogP contribution in [0.25, 0.3) is 16.9 Å². The molecule has 16 heteroatoms. The van der Waals surface area contributed by atoms with Crippen molar-refractivity contribution in [3.8, 4) is 5.69 Å². The van der Waals surface area contributed by atoms with Gasteiger partial charge in [-0.1, -0.05) is 11.6 Å². The summed E-state index contributed by atoms with van der Waals surface area (Å²) in [5.41, 5.74) is 5.82. The average molecular weight is 577 g/mol. The molecule has 0 bridgehead atoms. The molecule has 2 aromatic heterocycles. The normalized spacial score (nSPS) is 12.1. The molecular formula is C24H20ClF3N8O4. The van der Waals surface area contributed by atoms with Gasteiger partial charge in [0, 0.05) is 23.5 Å². The van der Waals surface area contributed by atoms with Crippen molar-refractivity contribution >= 4 is 57.9 Å². The van der Waals surface area contributed by atoms with Crippen LogP contribution in [0.5, 0.6) is 0 Å². The molecule has 0 fully saturated rings. The number of alkyl halides is 3. The van der Waals surface area contributed by atoms with Crippen molar-refractivity contribution in [1.82, 2.24) is 19.5 Å². The molecule has 0 spiro atoms. The fraction of sp³-hybridized carbons (Fsp3) is 0.167. The van der Waals surface area contributed by atoms with Crippen LogP contribution in [0.15, 0.2) is 55.1 Å². The van der Waals surface area contributed by atoms with Crippen LogP contribution in [0.4, 0.5) is 35.2 Å². The van der Waals surface area contributed by atoms with E-state index < -0.39 is 40.7 Å². The quantitative estimate of drug-likeness (QED) is 0.206. The number of benzene rings is 2. The monoisotopic (exact) mass is 576 g/mol. The largest absolute Gasteiger partial charge is 0.480 e. The lowest BCUT2D eigenvalue weighted by Gasteiger charge is -2.12. The third-order valence-corrected chi connectivity index (χ3v) is 5.85. The van der Waals surface area contributed by atoms with Gasteiger partial charge in [-0.05, 0) is 48.9 Å². The van der Waals surface area contributed by atoms with Crippen LogP contribution < -0.4 is 21.7 Å². The number of imidazole rings is 1. The standard InChI is InChI=1S/C24H20ClF3N8O4/c25-16-6-3-13(9-15(16)24(26,27)28)34-23(40)33-12-1-4-14(5-2-12)36-11-32-19-20(30-10-31-21(19)36)35-18(37)8-7-17(29)22(38)39/h1-6,9-11,17H,7-8,29H2,(H,38,39)(H2,33,34,40)(H,30,31,35,37)/t17-/m0/s1. The summed E-state index contributed by atoms with van der Waals surface area (Å²) in [4.78, 5) is 47.9. The van der Waals surface area contributed by atoms with Gasteiger partial charge in [-0.25, -0.2) is 19.7 Å². The lowest BCUT2D eigenvalue weighted by Crippen LogP contribution is -2.31. The van der Waals surface area contributed by atoms with Gasteiger partial charge in [-0.2, -0.15) is 13.2 Å². The number of halogens is 4. The Morgan fingerprint density at radius 2 is 1.68 bits per heavy atom. The number of amides is 3. The molecule has 2 aromatic carbocycles. The Morgan fingerprint density at radius 1 is 1.00 bits per heavy atom. The second-order valence-electron chi connectivity index (χ2n) is 8.36. The van der Waals surface area contributed by atoms with Gasteiger partial charge in [0.2, 0.25) is 5.91 Å². The summed E-state index contributed by atoms with van der Waals surface area (Å²) in [5, 5.41) is 15.8. The first-order valence-corrected chi connectivity index (χ1v) is 11.8. The number of urea groups is 1. The number of rotatable bonds is 8. The van der Waals surface area contributed by atoms with E-state index in [2.05, 4.69) is 30.9 Å². The summed E-state index contributed by atoms with van der Waals surface area (Å²) < 4.78 is 40.8. The predicted molar refractivity (Wildman–Crippen MR) is 139 cm³/mol. The second-order valence-corrected chi connectivity index (χ2v) is 8.77. The Labute approximate surface area is 228 Å². The van der Waals surface area contributed by atoms with Gasteiger partial charge in [0.15, 0.2) is 17.0 Å². The molecule has 4 aromatic rings. The van der Waals surface area contributed by atoms with Gasteiger partial charge in [-0.3, -0.25) is 14.2 Å². The maximum atomic E-state index is 13.1. The number of fused-ring (bicyclic) bond motifs is 1.